The third kappa shape index (κ3) is 3.06. The lowest BCUT2D eigenvalue weighted by Crippen LogP contribution is -2.17. The minimum absolute atomic E-state index is 0.611. The van der Waals surface area contributed by atoms with E-state index in [4.69, 9.17) is 5.73 Å². The molecule has 1 fully saturated rings. The number of nitrogens with zero attached hydrogens (tertiary/aromatic N) is 1. The van der Waals surface area contributed by atoms with Crippen molar-refractivity contribution in [2.24, 2.45) is 5.73 Å². The van der Waals surface area contributed by atoms with Gasteiger partial charge in [-0.1, -0.05) is 18.2 Å². The van der Waals surface area contributed by atoms with Gasteiger partial charge in [0.15, 0.2) is 0 Å². The van der Waals surface area contributed by atoms with Crippen LogP contribution in [0.25, 0.3) is 10.4 Å². The summed E-state index contributed by atoms with van der Waals surface area (Å²) < 4.78 is 0. The van der Waals surface area contributed by atoms with Crippen LogP contribution in [-0.2, 0) is 13.1 Å². The van der Waals surface area contributed by atoms with E-state index < -0.39 is 0 Å². The number of likely N-dealkylation sites (tertiary alicyclic amines) is 1. The third-order valence-corrected chi connectivity index (χ3v) is 4.81. The summed E-state index contributed by atoms with van der Waals surface area (Å²) in [7, 11) is 0. The normalized spacial score (nSPS) is 16.1. The average molecular weight is 272 g/mol. The lowest BCUT2D eigenvalue weighted by atomic mass is 10.1. The fourth-order valence-electron chi connectivity index (χ4n) is 2.63. The fraction of sp³-hybridized carbons (Fsp3) is 0.375. The largest absolute Gasteiger partial charge is 0.326 e. The highest BCUT2D eigenvalue weighted by molar-refractivity contribution is 7.15. The molecule has 0 bridgehead atoms. The molecule has 2 nitrogen and oxygen atoms in total. The molecule has 2 N–H and O–H groups in total. The molecule has 2 heterocycles. The van der Waals surface area contributed by atoms with Crippen LogP contribution in [0.5, 0.6) is 0 Å². The second-order valence-electron chi connectivity index (χ2n) is 5.15. The zero-order valence-electron chi connectivity index (χ0n) is 11.1. The number of hydrogen-bond donors (Lipinski definition) is 1. The summed E-state index contributed by atoms with van der Waals surface area (Å²) in [4.78, 5) is 5.37. The highest BCUT2D eigenvalue weighted by atomic mass is 32.1. The van der Waals surface area contributed by atoms with E-state index in [-0.39, 0.29) is 0 Å². The smallest absolute Gasteiger partial charge is 0.0346 e. The Morgan fingerprint density at radius 2 is 1.95 bits per heavy atom. The van der Waals surface area contributed by atoms with E-state index in [9.17, 15) is 0 Å². The van der Waals surface area contributed by atoms with Gasteiger partial charge in [-0.25, -0.2) is 0 Å². The van der Waals surface area contributed by atoms with Gasteiger partial charge in [0.05, 0.1) is 0 Å². The number of benzene rings is 1. The first-order valence-electron chi connectivity index (χ1n) is 6.95. The van der Waals surface area contributed by atoms with Crippen molar-refractivity contribution in [1.82, 2.24) is 4.90 Å². The summed E-state index contributed by atoms with van der Waals surface area (Å²) in [6.07, 6.45) is 2.72. The van der Waals surface area contributed by atoms with Crippen molar-refractivity contribution >= 4 is 11.3 Å². The quantitative estimate of drug-likeness (QED) is 0.923. The predicted molar refractivity (Wildman–Crippen MR) is 82.2 cm³/mol. The molecule has 1 aliphatic heterocycles. The zero-order chi connectivity index (χ0) is 13.1. The molecular weight excluding hydrogens is 252 g/mol. The van der Waals surface area contributed by atoms with Gasteiger partial charge in [-0.3, -0.25) is 4.90 Å². The van der Waals surface area contributed by atoms with Gasteiger partial charge in [0, 0.05) is 22.8 Å². The molecule has 0 amide bonds. The van der Waals surface area contributed by atoms with Crippen LogP contribution in [0.15, 0.2) is 36.4 Å². The van der Waals surface area contributed by atoms with E-state index in [1.54, 1.807) is 0 Å². The number of rotatable bonds is 4. The first-order chi connectivity index (χ1) is 9.35. The molecule has 0 saturated carbocycles. The highest BCUT2D eigenvalue weighted by Gasteiger charge is 2.13. The Bertz CT molecular complexity index is 541. The number of thiophene rings is 1. The second-order valence-corrected chi connectivity index (χ2v) is 6.32. The van der Waals surface area contributed by atoms with E-state index in [2.05, 4.69) is 41.3 Å². The predicted octanol–water partition coefficient (Wildman–Crippen LogP) is 3.47. The molecule has 100 valence electrons. The van der Waals surface area contributed by atoms with Gasteiger partial charge >= 0.3 is 0 Å². The lowest BCUT2D eigenvalue weighted by molar-refractivity contribution is 0.334. The summed E-state index contributed by atoms with van der Waals surface area (Å²) >= 11 is 1.91. The molecule has 1 saturated heterocycles. The Labute approximate surface area is 118 Å². The zero-order valence-corrected chi connectivity index (χ0v) is 12.0. The molecule has 0 radical (unpaired) electrons. The molecular formula is C16H20N2S. The lowest BCUT2D eigenvalue weighted by Gasteiger charge is -2.12. The van der Waals surface area contributed by atoms with Crippen LogP contribution in [0, 0.1) is 0 Å². The van der Waals surface area contributed by atoms with Gasteiger partial charge in [-0.2, -0.15) is 0 Å². The Morgan fingerprint density at radius 1 is 1.11 bits per heavy atom. The maximum Gasteiger partial charge on any atom is 0.0346 e. The van der Waals surface area contributed by atoms with Crippen molar-refractivity contribution in [2.45, 2.75) is 25.9 Å². The van der Waals surface area contributed by atoms with E-state index in [1.807, 2.05) is 11.3 Å². The van der Waals surface area contributed by atoms with E-state index >= 15 is 0 Å². The van der Waals surface area contributed by atoms with Crippen LogP contribution >= 0.6 is 11.3 Å². The third-order valence-electron chi connectivity index (χ3n) is 3.69. The SMILES string of the molecule is NCc1cccc(-c2ccc(CN3CCCC3)s2)c1. The molecule has 2 aromatic rings. The summed E-state index contributed by atoms with van der Waals surface area (Å²) in [6, 6.07) is 13.1. The van der Waals surface area contributed by atoms with E-state index in [0.717, 1.165) is 6.54 Å². The average Bonchev–Trinajstić information content (AvgIpc) is 3.11. The van der Waals surface area contributed by atoms with Crippen molar-refractivity contribution in [1.29, 1.82) is 0 Å². The maximum atomic E-state index is 5.71. The van der Waals surface area contributed by atoms with Gasteiger partial charge in [0.25, 0.3) is 0 Å². The van der Waals surface area contributed by atoms with Crippen molar-refractivity contribution in [2.75, 3.05) is 13.1 Å². The molecule has 1 aliphatic rings. The summed E-state index contributed by atoms with van der Waals surface area (Å²) in [6.45, 7) is 4.24. The standard InChI is InChI=1S/C16H20N2S/c17-11-13-4-3-5-14(10-13)16-7-6-15(19-16)12-18-8-1-2-9-18/h3-7,10H,1-2,8-9,11-12,17H2. The van der Waals surface area contributed by atoms with Crippen LogP contribution in [0.1, 0.15) is 23.3 Å². The van der Waals surface area contributed by atoms with Gasteiger partial charge in [0.2, 0.25) is 0 Å². The number of nitrogens with two attached hydrogens (primary N) is 1. The van der Waals surface area contributed by atoms with Gasteiger partial charge in [0.1, 0.15) is 0 Å². The molecule has 1 aromatic heterocycles. The molecule has 19 heavy (non-hydrogen) atoms. The molecule has 0 spiro atoms. The minimum atomic E-state index is 0.611. The van der Waals surface area contributed by atoms with Crippen molar-refractivity contribution < 1.29 is 0 Å². The highest BCUT2D eigenvalue weighted by Crippen LogP contribution is 2.29. The molecule has 0 unspecified atom stereocenters. The summed E-state index contributed by atoms with van der Waals surface area (Å²) in [5.74, 6) is 0. The second kappa shape index (κ2) is 5.87. The Balaban J connectivity index is 1.76. The van der Waals surface area contributed by atoms with Crippen molar-refractivity contribution in [3.63, 3.8) is 0 Å². The van der Waals surface area contributed by atoms with Crippen molar-refractivity contribution in [3.05, 3.63) is 46.8 Å². The van der Waals surface area contributed by atoms with Crippen LogP contribution < -0.4 is 5.73 Å². The first-order valence-corrected chi connectivity index (χ1v) is 7.77. The van der Waals surface area contributed by atoms with E-state index in [1.165, 1.54) is 46.8 Å². The Hall–Kier alpha value is -1.16. The molecule has 0 atom stereocenters. The first kappa shape index (κ1) is 12.9. The summed E-state index contributed by atoms with van der Waals surface area (Å²) in [5, 5.41) is 0. The Kier molecular flexibility index (Phi) is 3.97. The van der Waals surface area contributed by atoms with E-state index in [0.29, 0.717) is 6.54 Å². The molecule has 3 rings (SSSR count). The molecule has 1 aromatic carbocycles. The van der Waals surface area contributed by atoms with Crippen LogP contribution in [0.3, 0.4) is 0 Å². The molecule has 0 aliphatic carbocycles. The van der Waals surface area contributed by atoms with Gasteiger partial charge in [-0.05, 0) is 55.3 Å². The van der Waals surface area contributed by atoms with Gasteiger partial charge in [-0.15, -0.1) is 11.3 Å². The fourth-order valence-corrected chi connectivity index (χ4v) is 3.68. The van der Waals surface area contributed by atoms with Gasteiger partial charge < -0.3 is 5.73 Å². The van der Waals surface area contributed by atoms with Crippen LogP contribution in [0.4, 0.5) is 0 Å². The van der Waals surface area contributed by atoms with Crippen LogP contribution in [0.2, 0.25) is 0 Å². The summed E-state index contributed by atoms with van der Waals surface area (Å²) in [5.41, 5.74) is 8.20. The number of hydrogen-bond acceptors (Lipinski definition) is 3. The Morgan fingerprint density at radius 3 is 2.74 bits per heavy atom. The van der Waals surface area contributed by atoms with Crippen molar-refractivity contribution in [3.8, 4) is 10.4 Å². The van der Waals surface area contributed by atoms with Crippen LogP contribution in [-0.4, -0.2) is 18.0 Å². The maximum absolute atomic E-state index is 5.71. The minimum Gasteiger partial charge on any atom is -0.326 e. The monoisotopic (exact) mass is 272 g/mol. The topological polar surface area (TPSA) is 29.3 Å². The molecule has 3 heteroatoms.